The number of hydrogen-bond donors (Lipinski definition) is 1. The molecule has 0 saturated carbocycles. The van der Waals surface area contributed by atoms with Crippen molar-refractivity contribution in [3.63, 3.8) is 0 Å². The zero-order valence-corrected chi connectivity index (χ0v) is 16.3. The number of amides is 1. The largest absolute Gasteiger partial charge is 0.298 e. The van der Waals surface area contributed by atoms with Crippen LogP contribution in [-0.4, -0.2) is 16.6 Å². The van der Waals surface area contributed by atoms with Gasteiger partial charge in [-0.15, -0.1) is 11.3 Å². The van der Waals surface area contributed by atoms with Gasteiger partial charge in [-0.25, -0.2) is 4.98 Å². The lowest BCUT2D eigenvalue weighted by Crippen LogP contribution is -2.11. The molecule has 0 radical (unpaired) electrons. The van der Waals surface area contributed by atoms with Crippen molar-refractivity contribution in [3.8, 4) is 11.1 Å². The Balaban J connectivity index is 1.43. The van der Waals surface area contributed by atoms with Crippen molar-refractivity contribution in [2.75, 3.05) is 5.32 Å². The molecule has 4 aromatic rings. The topological polar surface area (TPSA) is 54.4 Å². The lowest BCUT2D eigenvalue weighted by Gasteiger charge is -2.05. The summed E-state index contributed by atoms with van der Waals surface area (Å²) in [7, 11) is 0. The van der Waals surface area contributed by atoms with Crippen LogP contribution in [0, 0.1) is 0 Å². The molecule has 5 rings (SSSR count). The van der Waals surface area contributed by atoms with Crippen molar-refractivity contribution in [3.05, 3.63) is 101 Å². The van der Waals surface area contributed by atoms with E-state index in [0.717, 1.165) is 28.9 Å². The first kappa shape index (κ1) is 17.5. The number of carbonyl (C=O) groups is 1. The third kappa shape index (κ3) is 3.48. The van der Waals surface area contributed by atoms with Crippen LogP contribution in [0.3, 0.4) is 0 Å². The summed E-state index contributed by atoms with van der Waals surface area (Å²) in [5.41, 5.74) is 6.82. The average molecular weight is 395 g/mol. The van der Waals surface area contributed by atoms with Gasteiger partial charge in [0, 0.05) is 18.0 Å². The Hall–Kier alpha value is -3.57. The van der Waals surface area contributed by atoms with Crippen LogP contribution in [0.15, 0.2) is 89.4 Å². The molecule has 1 aliphatic heterocycles. The molecule has 5 heteroatoms. The van der Waals surface area contributed by atoms with Crippen LogP contribution in [0.4, 0.5) is 10.8 Å². The van der Waals surface area contributed by atoms with Gasteiger partial charge >= 0.3 is 0 Å². The Morgan fingerprint density at radius 2 is 1.62 bits per heavy atom. The van der Waals surface area contributed by atoms with Gasteiger partial charge in [0.15, 0.2) is 5.13 Å². The second kappa shape index (κ2) is 7.45. The predicted molar refractivity (Wildman–Crippen MR) is 118 cm³/mol. The number of nitrogens with one attached hydrogen (secondary N) is 1. The molecule has 1 aromatic heterocycles. The van der Waals surface area contributed by atoms with E-state index in [0.29, 0.717) is 10.7 Å². The molecule has 1 N–H and O–H groups in total. The number of rotatable bonds is 4. The number of carbonyl (C=O) groups excluding carboxylic acids is 1. The number of anilines is 1. The molecule has 140 valence electrons. The first-order valence-corrected chi connectivity index (χ1v) is 10.2. The van der Waals surface area contributed by atoms with E-state index in [1.54, 1.807) is 6.20 Å². The van der Waals surface area contributed by atoms with E-state index in [4.69, 9.17) is 4.99 Å². The summed E-state index contributed by atoms with van der Waals surface area (Å²) >= 11 is 1.40. The highest BCUT2D eigenvalue weighted by atomic mass is 32.1. The van der Waals surface area contributed by atoms with E-state index in [1.165, 1.54) is 22.5 Å². The third-order valence-electron chi connectivity index (χ3n) is 4.95. The van der Waals surface area contributed by atoms with E-state index in [-0.39, 0.29) is 5.91 Å². The molecular weight excluding hydrogens is 378 g/mol. The van der Waals surface area contributed by atoms with Crippen LogP contribution < -0.4 is 5.32 Å². The Bertz CT molecular complexity index is 1200. The number of fused-ring (bicyclic) bond motifs is 1. The van der Waals surface area contributed by atoms with E-state index in [1.807, 2.05) is 41.8 Å². The van der Waals surface area contributed by atoms with E-state index in [2.05, 4.69) is 46.7 Å². The third-order valence-corrected chi connectivity index (χ3v) is 5.64. The Morgan fingerprint density at radius 1 is 0.862 bits per heavy atom. The number of thiazole rings is 1. The highest BCUT2D eigenvalue weighted by Gasteiger charge is 2.22. The van der Waals surface area contributed by atoms with Crippen LogP contribution in [0.25, 0.3) is 11.1 Å². The minimum absolute atomic E-state index is 0.179. The molecule has 3 aromatic carbocycles. The normalized spacial score (nSPS) is 12.3. The van der Waals surface area contributed by atoms with Crippen molar-refractivity contribution in [1.29, 1.82) is 0 Å². The van der Waals surface area contributed by atoms with Gasteiger partial charge in [-0.05, 0) is 28.3 Å². The first-order chi connectivity index (χ1) is 14.3. The SMILES string of the molecule is O=C(Nc1nccs1)c1cccc2c1N=C(c1ccc(-c3ccccc3)cc1)C2. The van der Waals surface area contributed by atoms with Crippen LogP contribution in [-0.2, 0) is 6.42 Å². The summed E-state index contributed by atoms with van der Waals surface area (Å²) < 4.78 is 0. The van der Waals surface area contributed by atoms with Gasteiger partial charge in [-0.1, -0.05) is 66.7 Å². The molecule has 0 fully saturated rings. The second-order valence-corrected chi connectivity index (χ2v) is 7.68. The highest BCUT2D eigenvalue weighted by Crippen LogP contribution is 2.33. The average Bonchev–Trinajstić information content (AvgIpc) is 3.44. The minimum atomic E-state index is -0.179. The molecule has 0 spiro atoms. The van der Waals surface area contributed by atoms with Crippen LogP contribution in [0.1, 0.15) is 21.5 Å². The molecule has 0 atom stereocenters. The molecule has 2 heterocycles. The minimum Gasteiger partial charge on any atom is -0.298 e. The quantitative estimate of drug-likeness (QED) is 0.479. The summed E-state index contributed by atoms with van der Waals surface area (Å²) in [6.45, 7) is 0. The summed E-state index contributed by atoms with van der Waals surface area (Å²) in [5.74, 6) is -0.179. The summed E-state index contributed by atoms with van der Waals surface area (Å²) in [4.78, 5) is 21.6. The highest BCUT2D eigenvalue weighted by molar-refractivity contribution is 7.13. The number of aromatic nitrogens is 1. The Labute approximate surface area is 172 Å². The smallest absolute Gasteiger partial charge is 0.259 e. The fraction of sp³-hybridized carbons (Fsp3) is 0.0417. The summed E-state index contributed by atoms with van der Waals surface area (Å²) in [6.07, 6.45) is 2.39. The van der Waals surface area contributed by atoms with Crippen LogP contribution in [0.2, 0.25) is 0 Å². The van der Waals surface area contributed by atoms with Gasteiger partial charge in [0.25, 0.3) is 5.91 Å². The van der Waals surface area contributed by atoms with Crippen molar-refractivity contribution in [1.82, 2.24) is 4.98 Å². The number of para-hydroxylation sites is 1. The molecule has 0 bridgehead atoms. The van der Waals surface area contributed by atoms with E-state index < -0.39 is 0 Å². The maximum atomic E-state index is 12.7. The summed E-state index contributed by atoms with van der Waals surface area (Å²) in [6, 6.07) is 24.5. The zero-order chi connectivity index (χ0) is 19.6. The number of benzene rings is 3. The lowest BCUT2D eigenvalue weighted by molar-refractivity contribution is 0.102. The van der Waals surface area contributed by atoms with Crippen LogP contribution in [0.5, 0.6) is 0 Å². The fourth-order valence-electron chi connectivity index (χ4n) is 3.51. The number of aliphatic imine (C=N–C) groups is 1. The summed E-state index contributed by atoms with van der Waals surface area (Å²) in [5, 5.41) is 5.27. The van der Waals surface area contributed by atoms with Gasteiger partial charge in [0.2, 0.25) is 0 Å². The molecule has 1 amide bonds. The predicted octanol–water partition coefficient (Wildman–Crippen LogP) is 5.74. The first-order valence-electron chi connectivity index (χ1n) is 9.34. The van der Waals surface area contributed by atoms with Crippen molar-refractivity contribution in [2.24, 2.45) is 4.99 Å². The Kier molecular flexibility index (Phi) is 4.50. The van der Waals surface area contributed by atoms with Crippen molar-refractivity contribution in [2.45, 2.75) is 6.42 Å². The van der Waals surface area contributed by atoms with E-state index in [9.17, 15) is 4.79 Å². The number of nitrogens with zero attached hydrogens (tertiary/aromatic N) is 2. The maximum absolute atomic E-state index is 12.7. The molecule has 0 aliphatic carbocycles. The second-order valence-electron chi connectivity index (χ2n) is 6.78. The van der Waals surface area contributed by atoms with Crippen LogP contribution >= 0.6 is 11.3 Å². The maximum Gasteiger partial charge on any atom is 0.259 e. The Morgan fingerprint density at radius 3 is 2.38 bits per heavy atom. The fourth-order valence-corrected chi connectivity index (χ4v) is 4.03. The van der Waals surface area contributed by atoms with E-state index >= 15 is 0 Å². The molecule has 1 aliphatic rings. The van der Waals surface area contributed by atoms with Crippen molar-refractivity contribution >= 4 is 33.8 Å². The van der Waals surface area contributed by atoms with Gasteiger partial charge < -0.3 is 0 Å². The standard InChI is InChI=1S/C24H17N3OS/c28-23(27-24-25-13-14-29-24)20-8-4-7-19-15-21(26-22(19)20)18-11-9-17(10-12-18)16-5-2-1-3-6-16/h1-14H,15H2,(H,25,27,28). The lowest BCUT2D eigenvalue weighted by atomic mass is 9.99. The van der Waals surface area contributed by atoms with Gasteiger partial charge in [-0.2, -0.15) is 0 Å². The van der Waals surface area contributed by atoms with Gasteiger partial charge in [0.1, 0.15) is 0 Å². The molecular formula is C24H17N3OS. The molecule has 29 heavy (non-hydrogen) atoms. The monoisotopic (exact) mass is 395 g/mol. The number of hydrogen-bond acceptors (Lipinski definition) is 4. The van der Waals surface area contributed by atoms with Gasteiger partial charge in [-0.3, -0.25) is 15.1 Å². The zero-order valence-electron chi connectivity index (χ0n) is 15.5. The molecule has 0 unspecified atom stereocenters. The van der Waals surface area contributed by atoms with Gasteiger partial charge in [0.05, 0.1) is 17.0 Å². The van der Waals surface area contributed by atoms with Crippen molar-refractivity contribution < 1.29 is 4.79 Å². The molecule has 4 nitrogen and oxygen atoms in total. The molecule has 0 saturated heterocycles.